The molecule has 1 heteroatoms. The molecule has 1 atom stereocenters. The summed E-state index contributed by atoms with van der Waals surface area (Å²) in [6.07, 6.45) is -0.841. The van der Waals surface area contributed by atoms with Gasteiger partial charge in [-0.2, -0.15) is 0 Å². The van der Waals surface area contributed by atoms with Gasteiger partial charge in [0.25, 0.3) is 0 Å². The first kappa shape index (κ1) is 10.2. The van der Waals surface area contributed by atoms with E-state index >= 15 is 0 Å². The van der Waals surface area contributed by atoms with Crippen molar-refractivity contribution in [1.82, 2.24) is 0 Å². The zero-order chi connectivity index (χ0) is 8.69. The highest BCUT2D eigenvalue weighted by Crippen LogP contribution is 2.14. The summed E-state index contributed by atoms with van der Waals surface area (Å²) in [6, 6.07) is 9.12. The van der Waals surface area contributed by atoms with Gasteiger partial charge in [-0.3, -0.25) is 0 Å². The molecule has 0 aromatic heterocycles. The molecule has 0 saturated heterocycles. The summed E-state index contributed by atoms with van der Waals surface area (Å²) in [4.78, 5) is 0. The predicted molar refractivity (Wildman–Crippen MR) is 47.3 cm³/mol. The van der Waals surface area contributed by atoms with Crippen molar-refractivity contribution < 1.29 is 4.39 Å². The largest absolute Gasteiger partial charge is 0.243 e. The topological polar surface area (TPSA) is 0 Å². The van der Waals surface area contributed by atoms with Gasteiger partial charge in [-0.25, -0.2) is 4.39 Å². The van der Waals surface area contributed by atoms with Crippen molar-refractivity contribution in [1.29, 1.82) is 0 Å². The second-order valence-electron chi connectivity index (χ2n) is 2.03. The van der Waals surface area contributed by atoms with Crippen LogP contribution in [-0.2, 0) is 0 Å². The van der Waals surface area contributed by atoms with Crippen molar-refractivity contribution in [3.63, 3.8) is 0 Å². The van der Waals surface area contributed by atoms with E-state index in [2.05, 4.69) is 0 Å². The lowest BCUT2D eigenvalue weighted by molar-refractivity contribution is 0.374. The van der Waals surface area contributed by atoms with Crippen molar-refractivity contribution in [3.05, 3.63) is 35.9 Å². The summed E-state index contributed by atoms with van der Waals surface area (Å²) in [5.74, 6) is 0. The fourth-order valence-corrected chi connectivity index (χ4v) is 0.718. The van der Waals surface area contributed by atoms with Gasteiger partial charge in [-0.1, -0.05) is 44.2 Å². The molecule has 1 unspecified atom stereocenters. The number of benzene rings is 1. The minimum Gasteiger partial charge on any atom is -0.243 e. The van der Waals surface area contributed by atoms with Crippen LogP contribution in [-0.4, -0.2) is 0 Å². The zero-order valence-electron chi connectivity index (χ0n) is 7.34. The molecule has 0 nitrogen and oxygen atoms in total. The summed E-state index contributed by atoms with van der Waals surface area (Å²) in [6.45, 7) is 5.54. The molecule has 0 amide bonds. The number of alkyl halides is 1. The second kappa shape index (κ2) is 5.90. The average molecular weight is 154 g/mol. The first-order chi connectivity index (χ1) is 5.30. The van der Waals surface area contributed by atoms with Crippen molar-refractivity contribution in [2.45, 2.75) is 26.9 Å². The molecular weight excluding hydrogens is 139 g/mol. The summed E-state index contributed by atoms with van der Waals surface area (Å²) < 4.78 is 12.4. The molecule has 0 bridgehead atoms. The summed E-state index contributed by atoms with van der Waals surface area (Å²) in [5, 5.41) is 0. The van der Waals surface area contributed by atoms with Gasteiger partial charge in [0.05, 0.1) is 0 Å². The third-order valence-electron chi connectivity index (χ3n) is 1.26. The van der Waals surface area contributed by atoms with E-state index in [0.717, 1.165) is 5.56 Å². The van der Waals surface area contributed by atoms with Gasteiger partial charge in [0.1, 0.15) is 6.17 Å². The van der Waals surface area contributed by atoms with Gasteiger partial charge in [0.2, 0.25) is 0 Å². The van der Waals surface area contributed by atoms with Crippen LogP contribution in [0.15, 0.2) is 30.3 Å². The molecule has 0 heterocycles. The van der Waals surface area contributed by atoms with E-state index in [9.17, 15) is 4.39 Å². The Labute approximate surface area is 68.1 Å². The first-order valence-electron chi connectivity index (χ1n) is 3.99. The summed E-state index contributed by atoms with van der Waals surface area (Å²) in [5.41, 5.74) is 0.748. The predicted octanol–water partition coefficient (Wildman–Crippen LogP) is 3.74. The van der Waals surface area contributed by atoms with Gasteiger partial charge in [-0.05, 0) is 12.5 Å². The maximum absolute atomic E-state index is 12.4. The van der Waals surface area contributed by atoms with Crippen LogP contribution in [0.3, 0.4) is 0 Å². The van der Waals surface area contributed by atoms with E-state index in [0.29, 0.717) is 0 Å². The molecule has 11 heavy (non-hydrogen) atoms. The maximum atomic E-state index is 12.4. The van der Waals surface area contributed by atoms with E-state index in [1.807, 2.05) is 32.0 Å². The molecule has 1 rings (SSSR count). The Kier molecular flexibility index (Phi) is 5.44. The molecule has 0 spiro atoms. The minimum atomic E-state index is -0.841. The molecular formula is C10H15F. The van der Waals surface area contributed by atoms with Crippen LogP contribution in [0.5, 0.6) is 0 Å². The van der Waals surface area contributed by atoms with E-state index in [-0.39, 0.29) is 0 Å². The second-order valence-corrected chi connectivity index (χ2v) is 2.03. The lowest BCUT2D eigenvalue weighted by Gasteiger charge is -1.98. The van der Waals surface area contributed by atoms with Gasteiger partial charge >= 0.3 is 0 Å². The molecule has 0 aliphatic heterocycles. The Hall–Kier alpha value is -0.850. The van der Waals surface area contributed by atoms with E-state index in [1.165, 1.54) is 6.92 Å². The molecule has 0 aliphatic carbocycles. The average Bonchev–Trinajstić information content (AvgIpc) is 2.10. The third kappa shape index (κ3) is 3.76. The number of hydrogen-bond acceptors (Lipinski definition) is 0. The Morgan fingerprint density at radius 1 is 1.09 bits per heavy atom. The Morgan fingerprint density at radius 3 is 1.82 bits per heavy atom. The number of hydrogen-bond donors (Lipinski definition) is 0. The van der Waals surface area contributed by atoms with Crippen LogP contribution in [0.1, 0.15) is 32.5 Å². The molecule has 0 radical (unpaired) electrons. The van der Waals surface area contributed by atoms with Crippen molar-refractivity contribution >= 4 is 0 Å². The fourth-order valence-electron chi connectivity index (χ4n) is 0.718. The van der Waals surface area contributed by atoms with Gasteiger partial charge in [0.15, 0.2) is 0 Å². The zero-order valence-corrected chi connectivity index (χ0v) is 7.34. The Balaban J connectivity index is 0.000000461. The smallest absolute Gasteiger partial charge is 0.122 e. The lowest BCUT2D eigenvalue weighted by Crippen LogP contribution is -1.81. The highest BCUT2D eigenvalue weighted by atomic mass is 19.1. The molecule has 0 aliphatic rings. The molecule has 0 fully saturated rings. The standard InChI is InChI=1S/C8H9F.C2H6/c1-7(9)8-5-3-2-4-6-8;1-2/h2-7H,1H3;1-2H3. The van der Waals surface area contributed by atoms with E-state index < -0.39 is 6.17 Å². The molecule has 0 N–H and O–H groups in total. The lowest BCUT2D eigenvalue weighted by atomic mass is 10.1. The molecule has 1 aromatic carbocycles. The van der Waals surface area contributed by atoms with Gasteiger partial charge in [0, 0.05) is 0 Å². The van der Waals surface area contributed by atoms with Crippen molar-refractivity contribution in [2.75, 3.05) is 0 Å². The van der Waals surface area contributed by atoms with Gasteiger partial charge in [-0.15, -0.1) is 0 Å². The molecule has 62 valence electrons. The van der Waals surface area contributed by atoms with Crippen molar-refractivity contribution in [2.24, 2.45) is 0 Å². The number of rotatable bonds is 1. The van der Waals surface area contributed by atoms with Crippen LogP contribution in [0, 0.1) is 0 Å². The minimum absolute atomic E-state index is 0.748. The first-order valence-corrected chi connectivity index (χ1v) is 3.99. The molecule has 0 saturated carbocycles. The molecule has 1 aromatic rings. The third-order valence-corrected chi connectivity index (χ3v) is 1.26. The van der Waals surface area contributed by atoms with E-state index in [4.69, 9.17) is 0 Å². The Morgan fingerprint density at radius 2 is 1.55 bits per heavy atom. The van der Waals surface area contributed by atoms with Crippen LogP contribution in [0.4, 0.5) is 4.39 Å². The van der Waals surface area contributed by atoms with Crippen LogP contribution < -0.4 is 0 Å². The van der Waals surface area contributed by atoms with Crippen LogP contribution in [0.2, 0.25) is 0 Å². The normalized spacial score (nSPS) is 11.3. The number of halogens is 1. The Bertz CT molecular complexity index is 167. The summed E-state index contributed by atoms with van der Waals surface area (Å²) in [7, 11) is 0. The highest BCUT2D eigenvalue weighted by Gasteiger charge is 1.97. The highest BCUT2D eigenvalue weighted by molar-refractivity contribution is 5.16. The fraction of sp³-hybridized carbons (Fsp3) is 0.400. The quantitative estimate of drug-likeness (QED) is 0.578. The SMILES string of the molecule is CC.CC(F)c1ccccc1. The van der Waals surface area contributed by atoms with E-state index in [1.54, 1.807) is 12.1 Å². The maximum Gasteiger partial charge on any atom is 0.122 e. The van der Waals surface area contributed by atoms with Crippen LogP contribution >= 0.6 is 0 Å². The monoisotopic (exact) mass is 154 g/mol. The van der Waals surface area contributed by atoms with Crippen LogP contribution in [0.25, 0.3) is 0 Å². The van der Waals surface area contributed by atoms with Crippen molar-refractivity contribution in [3.8, 4) is 0 Å². The van der Waals surface area contributed by atoms with Gasteiger partial charge < -0.3 is 0 Å². The summed E-state index contributed by atoms with van der Waals surface area (Å²) >= 11 is 0.